The molecular formula is C14H16N2O5. The molecule has 0 radical (unpaired) electrons. The van der Waals surface area contributed by atoms with Crippen molar-refractivity contribution in [2.75, 3.05) is 6.61 Å². The summed E-state index contributed by atoms with van der Waals surface area (Å²) >= 11 is 0. The fourth-order valence-corrected chi connectivity index (χ4v) is 2.01. The van der Waals surface area contributed by atoms with Crippen LogP contribution in [0, 0.1) is 16.0 Å². The third kappa shape index (κ3) is 3.56. The Balaban J connectivity index is 2.29. The van der Waals surface area contributed by atoms with Gasteiger partial charge in [-0.25, -0.2) is 4.79 Å². The molecule has 1 atom stereocenters. The first kappa shape index (κ1) is 15.0. The van der Waals surface area contributed by atoms with Crippen LogP contribution in [0.1, 0.15) is 26.7 Å². The summed E-state index contributed by atoms with van der Waals surface area (Å²) in [5, 5.41) is 10.9. The number of fused-ring (bicyclic) bond motifs is 1. The number of benzene rings is 1. The number of nitrogens with zero attached hydrogens (tertiary/aromatic N) is 2. The number of aromatic nitrogens is 1. The van der Waals surface area contributed by atoms with Gasteiger partial charge in [0.1, 0.15) is 0 Å². The Morgan fingerprint density at radius 1 is 1.48 bits per heavy atom. The smallest absolute Gasteiger partial charge is 0.397 e. The zero-order chi connectivity index (χ0) is 15.4. The van der Waals surface area contributed by atoms with Crippen LogP contribution in [-0.4, -0.2) is 16.5 Å². The van der Waals surface area contributed by atoms with Crippen LogP contribution in [0.15, 0.2) is 27.4 Å². The van der Waals surface area contributed by atoms with E-state index in [0.29, 0.717) is 12.5 Å². The van der Waals surface area contributed by atoms with Gasteiger partial charge >= 0.3 is 11.7 Å². The van der Waals surface area contributed by atoms with Gasteiger partial charge in [-0.2, -0.15) is 4.98 Å². The SMILES string of the molecule is CCCC(C)COc1nc2cc([N+](=O)[O-])ccc2c(=O)o1. The Labute approximate surface area is 120 Å². The molecule has 112 valence electrons. The number of non-ortho nitro benzene ring substituents is 1. The Hall–Kier alpha value is -2.44. The van der Waals surface area contributed by atoms with E-state index in [-0.39, 0.29) is 22.7 Å². The summed E-state index contributed by atoms with van der Waals surface area (Å²) < 4.78 is 10.3. The van der Waals surface area contributed by atoms with Gasteiger partial charge in [-0.1, -0.05) is 20.3 Å². The topological polar surface area (TPSA) is 95.5 Å². The maximum absolute atomic E-state index is 11.8. The third-order valence-corrected chi connectivity index (χ3v) is 3.08. The first-order valence-electron chi connectivity index (χ1n) is 6.73. The lowest BCUT2D eigenvalue weighted by Gasteiger charge is -2.10. The highest BCUT2D eigenvalue weighted by molar-refractivity contribution is 5.79. The van der Waals surface area contributed by atoms with Gasteiger partial charge in [0.2, 0.25) is 0 Å². The molecule has 0 aliphatic carbocycles. The van der Waals surface area contributed by atoms with E-state index in [1.807, 2.05) is 6.92 Å². The number of nitro groups is 1. The highest BCUT2D eigenvalue weighted by atomic mass is 16.6. The molecule has 0 amide bonds. The van der Waals surface area contributed by atoms with Crippen molar-refractivity contribution < 1.29 is 14.1 Å². The van der Waals surface area contributed by atoms with Crippen LogP contribution in [-0.2, 0) is 0 Å². The molecule has 0 aliphatic rings. The Bertz CT molecular complexity index is 710. The van der Waals surface area contributed by atoms with Crippen molar-refractivity contribution in [2.24, 2.45) is 5.92 Å². The van der Waals surface area contributed by atoms with E-state index in [4.69, 9.17) is 9.15 Å². The summed E-state index contributed by atoms with van der Waals surface area (Å²) in [5.41, 5.74) is -0.558. The number of hydrogen-bond donors (Lipinski definition) is 0. The van der Waals surface area contributed by atoms with Gasteiger partial charge < -0.3 is 9.15 Å². The number of nitro benzene ring substituents is 1. The van der Waals surface area contributed by atoms with E-state index in [9.17, 15) is 14.9 Å². The van der Waals surface area contributed by atoms with E-state index in [1.165, 1.54) is 18.2 Å². The highest BCUT2D eigenvalue weighted by Gasteiger charge is 2.13. The molecule has 2 rings (SSSR count). The lowest BCUT2D eigenvalue weighted by atomic mass is 10.1. The maximum Gasteiger partial charge on any atom is 0.397 e. The minimum absolute atomic E-state index is 0.133. The van der Waals surface area contributed by atoms with Crippen molar-refractivity contribution in [3.05, 3.63) is 38.7 Å². The van der Waals surface area contributed by atoms with E-state index >= 15 is 0 Å². The van der Waals surface area contributed by atoms with Gasteiger partial charge in [0.05, 0.1) is 22.4 Å². The van der Waals surface area contributed by atoms with Crippen LogP contribution in [0.2, 0.25) is 0 Å². The minimum atomic E-state index is -0.618. The first-order valence-corrected chi connectivity index (χ1v) is 6.73. The normalized spacial score (nSPS) is 12.3. The average Bonchev–Trinajstić information content (AvgIpc) is 2.45. The molecule has 1 unspecified atom stereocenters. The van der Waals surface area contributed by atoms with Crippen molar-refractivity contribution in [3.63, 3.8) is 0 Å². The molecule has 1 heterocycles. The molecule has 0 saturated heterocycles. The van der Waals surface area contributed by atoms with Crippen molar-refractivity contribution in [2.45, 2.75) is 26.7 Å². The van der Waals surface area contributed by atoms with Crippen molar-refractivity contribution in [1.29, 1.82) is 0 Å². The van der Waals surface area contributed by atoms with Crippen molar-refractivity contribution in [3.8, 4) is 6.08 Å². The molecule has 0 N–H and O–H groups in total. The molecule has 7 heteroatoms. The lowest BCUT2D eigenvalue weighted by molar-refractivity contribution is -0.384. The average molecular weight is 292 g/mol. The van der Waals surface area contributed by atoms with Crippen LogP contribution in [0.25, 0.3) is 10.9 Å². The summed E-state index contributed by atoms with van der Waals surface area (Å²) in [6, 6.07) is 3.80. The van der Waals surface area contributed by atoms with Crippen LogP contribution in [0.5, 0.6) is 6.08 Å². The molecule has 0 aliphatic heterocycles. The zero-order valence-electron chi connectivity index (χ0n) is 11.9. The fraction of sp³-hybridized carbons (Fsp3) is 0.429. The highest BCUT2D eigenvalue weighted by Crippen LogP contribution is 2.19. The summed E-state index contributed by atoms with van der Waals surface area (Å²) in [6.07, 6.45) is 1.87. The van der Waals surface area contributed by atoms with Gasteiger partial charge in [0.15, 0.2) is 0 Å². The summed E-state index contributed by atoms with van der Waals surface area (Å²) in [7, 11) is 0. The molecule has 2 aromatic rings. The van der Waals surface area contributed by atoms with Crippen molar-refractivity contribution in [1.82, 2.24) is 4.98 Å². The Morgan fingerprint density at radius 3 is 2.90 bits per heavy atom. The van der Waals surface area contributed by atoms with Crippen LogP contribution in [0.4, 0.5) is 5.69 Å². The van der Waals surface area contributed by atoms with Gasteiger partial charge in [-0.05, 0) is 18.4 Å². The molecule has 0 fully saturated rings. The molecule has 21 heavy (non-hydrogen) atoms. The molecule has 0 bridgehead atoms. The second-order valence-corrected chi connectivity index (χ2v) is 4.93. The number of hydrogen-bond acceptors (Lipinski definition) is 6. The predicted molar refractivity (Wildman–Crippen MR) is 76.5 cm³/mol. The predicted octanol–water partition coefficient (Wildman–Crippen LogP) is 2.91. The number of ether oxygens (including phenoxy) is 1. The lowest BCUT2D eigenvalue weighted by Crippen LogP contribution is -2.11. The molecule has 0 spiro atoms. The van der Waals surface area contributed by atoms with Crippen LogP contribution < -0.4 is 10.4 Å². The third-order valence-electron chi connectivity index (χ3n) is 3.08. The zero-order valence-corrected chi connectivity index (χ0v) is 11.9. The Morgan fingerprint density at radius 2 is 2.24 bits per heavy atom. The van der Waals surface area contributed by atoms with Crippen LogP contribution >= 0.6 is 0 Å². The van der Waals surface area contributed by atoms with Crippen LogP contribution in [0.3, 0.4) is 0 Å². The largest absolute Gasteiger partial charge is 0.450 e. The summed E-state index contributed by atoms with van der Waals surface area (Å²) in [5.74, 6) is 0.308. The molecule has 1 aromatic heterocycles. The summed E-state index contributed by atoms with van der Waals surface area (Å²) in [4.78, 5) is 26.0. The molecule has 0 saturated carbocycles. The fourth-order valence-electron chi connectivity index (χ4n) is 2.01. The van der Waals surface area contributed by atoms with E-state index in [0.717, 1.165) is 12.8 Å². The number of rotatable bonds is 6. The second-order valence-electron chi connectivity index (χ2n) is 4.93. The monoisotopic (exact) mass is 292 g/mol. The van der Waals surface area contributed by atoms with Crippen molar-refractivity contribution >= 4 is 16.6 Å². The molecule has 7 nitrogen and oxygen atoms in total. The van der Waals surface area contributed by atoms with E-state index in [1.54, 1.807) is 0 Å². The van der Waals surface area contributed by atoms with Gasteiger partial charge in [0.25, 0.3) is 5.69 Å². The minimum Gasteiger partial charge on any atom is -0.450 e. The standard InChI is InChI=1S/C14H16N2O5/c1-3-4-9(2)8-20-14-15-12-7-10(16(18)19)5-6-11(12)13(17)21-14/h5-7,9H,3-4,8H2,1-2H3. The van der Waals surface area contributed by atoms with Gasteiger partial charge in [-0.15, -0.1) is 0 Å². The molecular weight excluding hydrogens is 276 g/mol. The quantitative estimate of drug-likeness (QED) is 0.600. The molecule has 1 aromatic carbocycles. The van der Waals surface area contributed by atoms with E-state index < -0.39 is 10.5 Å². The Kier molecular flexibility index (Phi) is 4.52. The maximum atomic E-state index is 11.8. The van der Waals surface area contributed by atoms with Gasteiger partial charge in [0, 0.05) is 12.1 Å². The first-order chi connectivity index (χ1) is 10.0. The van der Waals surface area contributed by atoms with E-state index in [2.05, 4.69) is 11.9 Å². The summed E-state index contributed by atoms with van der Waals surface area (Å²) in [6.45, 7) is 4.47. The van der Waals surface area contributed by atoms with Gasteiger partial charge in [-0.3, -0.25) is 10.1 Å². The second kappa shape index (κ2) is 6.34.